The summed E-state index contributed by atoms with van der Waals surface area (Å²) in [5, 5.41) is 0. The van der Waals surface area contributed by atoms with Gasteiger partial charge in [-0.25, -0.2) is 13.1 Å². The predicted octanol–water partition coefficient (Wildman–Crippen LogP) is 1.01. The van der Waals surface area contributed by atoms with E-state index < -0.39 is 20.8 Å². The number of hydrogen-bond donors (Lipinski definition) is 2. The minimum atomic E-state index is -3.59. The number of nitrogen functional groups attached to an aromatic ring is 1. The van der Waals surface area contributed by atoms with Crippen LogP contribution in [-0.2, 0) is 20.8 Å². The lowest BCUT2D eigenvalue weighted by molar-refractivity contribution is 0.555. The van der Waals surface area contributed by atoms with Crippen LogP contribution in [0.1, 0.15) is 18.9 Å². The van der Waals surface area contributed by atoms with Gasteiger partial charge in [-0.3, -0.25) is 4.21 Å². The van der Waals surface area contributed by atoms with Crippen LogP contribution in [-0.4, -0.2) is 30.7 Å². The van der Waals surface area contributed by atoms with Gasteiger partial charge >= 0.3 is 0 Å². The van der Waals surface area contributed by atoms with Crippen molar-refractivity contribution in [2.24, 2.45) is 0 Å². The Balaban J connectivity index is 2.87. The van der Waals surface area contributed by atoms with Crippen LogP contribution in [0.4, 0.5) is 5.69 Å². The molecule has 0 aliphatic carbocycles. The first-order valence-electron chi connectivity index (χ1n) is 5.91. The van der Waals surface area contributed by atoms with Crippen LogP contribution in [0.15, 0.2) is 23.1 Å². The lowest BCUT2D eigenvalue weighted by Gasteiger charge is -2.15. The fraction of sp³-hybridized carbons (Fsp3) is 0.500. The zero-order valence-electron chi connectivity index (χ0n) is 11.3. The second kappa shape index (κ2) is 6.49. The maximum Gasteiger partial charge on any atom is 0.241 e. The number of benzene rings is 1. The first-order chi connectivity index (χ1) is 8.74. The van der Waals surface area contributed by atoms with Gasteiger partial charge in [0.25, 0.3) is 0 Å². The van der Waals surface area contributed by atoms with Gasteiger partial charge in [0.15, 0.2) is 0 Å². The highest BCUT2D eigenvalue weighted by molar-refractivity contribution is 7.89. The van der Waals surface area contributed by atoms with Gasteiger partial charge in [0.2, 0.25) is 10.0 Å². The first kappa shape index (κ1) is 16.1. The van der Waals surface area contributed by atoms with E-state index in [0.29, 0.717) is 23.4 Å². The fourth-order valence-corrected chi connectivity index (χ4v) is 3.89. The molecule has 3 N–H and O–H groups in total. The summed E-state index contributed by atoms with van der Waals surface area (Å²) in [5.41, 5.74) is 6.71. The van der Waals surface area contributed by atoms with Crippen LogP contribution in [0.2, 0.25) is 0 Å². The molecular weight excluding hydrogens is 284 g/mol. The van der Waals surface area contributed by atoms with E-state index in [1.807, 2.05) is 0 Å². The minimum Gasteiger partial charge on any atom is -0.398 e. The van der Waals surface area contributed by atoms with Gasteiger partial charge in [-0.2, -0.15) is 0 Å². The van der Waals surface area contributed by atoms with E-state index in [-0.39, 0.29) is 10.9 Å². The van der Waals surface area contributed by atoms with Gasteiger partial charge in [-0.15, -0.1) is 0 Å². The molecule has 5 nitrogen and oxygen atoms in total. The van der Waals surface area contributed by atoms with Crippen molar-refractivity contribution in [3.8, 4) is 0 Å². The van der Waals surface area contributed by atoms with E-state index in [4.69, 9.17) is 5.73 Å². The van der Waals surface area contributed by atoms with Gasteiger partial charge in [0.1, 0.15) is 0 Å². The first-order valence-corrected chi connectivity index (χ1v) is 9.12. The number of hydrogen-bond acceptors (Lipinski definition) is 4. The third-order valence-electron chi connectivity index (χ3n) is 2.81. The van der Waals surface area contributed by atoms with Crippen LogP contribution in [0.5, 0.6) is 0 Å². The number of sulfonamides is 1. The molecule has 1 rings (SSSR count). The van der Waals surface area contributed by atoms with Gasteiger partial charge in [-0.1, -0.05) is 6.07 Å². The van der Waals surface area contributed by atoms with Crippen molar-refractivity contribution in [1.82, 2.24) is 4.72 Å². The molecule has 7 heteroatoms. The normalized spacial score (nSPS) is 15.1. The molecule has 0 aromatic heterocycles. The summed E-state index contributed by atoms with van der Waals surface area (Å²) in [7, 11) is -4.51. The molecule has 2 atom stereocenters. The van der Waals surface area contributed by atoms with Gasteiger partial charge in [0.05, 0.1) is 4.90 Å². The molecule has 1 aromatic rings. The molecule has 108 valence electrons. The molecule has 0 aliphatic heterocycles. The molecule has 0 radical (unpaired) electrons. The summed E-state index contributed by atoms with van der Waals surface area (Å²) in [5.74, 6) is 0.472. The standard InChI is InChI=1S/C12H20N2O3S2/c1-9(7-8-18(3)15)14-19(16,17)12-6-4-5-11(13)10(12)2/h4-6,9,14H,7-8,13H2,1-3H3. The zero-order chi connectivity index (χ0) is 14.6. The van der Waals surface area contributed by atoms with Gasteiger partial charge in [-0.05, 0) is 38.0 Å². The Morgan fingerprint density at radius 2 is 2.05 bits per heavy atom. The van der Waals surface area contributed by atoms with E-state index in [2.05, 4.69) is 4.72 Å². The van der Waals surface area contributed by atoms with Crippen LogP contribution < -0.4 is 10.5 Å². The van der Waals surface area contributed by atoms with Crippen LogP contribution >= 0.6 is 0 Å². The monoisotopic (exact) mass is 304 g/mol. The van der Waals surface area contributed by atoms with Crippen LogP contribution in [0.25, 0.3) is 0 Å². The minimum absolute atomic E-state index is 0.192. The maximum atomic E-state index is 12.2. The van der Waals surface area contributed by atoms with E-state index in [9.17, 15) is 12.6 Å². The quantitative estimate of drug-likeness (QED) is 0.768. The largest absolute Gasteiger partial charge is 0.398 e. The summed E-state index contributed by atoms with van der Waals surface area (Å²) in [6.45, 7) is 3.43. The Labute approximate surface area is 117 Å². The lowest BCUT2D eigenvalue weighted by atomic mass is 10.2. The summed E-state index contributed by atoms with van der Waals surface area (Å²) in [6, 6.07) is 4.54. The molecule has 19 heavy (non-hydrogen) atoms. The second-order valence-electron chi connectivity index (χ2n) is 4.56. The second-order valence-corrected chi connectivity index (χ2v) is 7.80. The topological polar surface area (TPSA) is 89.3 Å². The molecule has 0 saturated carbocycles. The average molecular weight is 304 g/mol. The molecule has 2 unspecified atom stereocenters. The van der Waals surface area contributed by atoms with Gasteiger partial charge in [0, 0.05) is 34.5 Å². The lowest BCUT2D eigenvalue weighted by Crippen LogP contribution is -2.34. The summed E-state index contributed by atoms with van der Waals surface area (Å²) in [6.07, 6.45) is 2.13. The highest BCUT2D eigenvalue weighted by Gasteiger charge is 2.20. The molecule has 1 aromatic carbocycles. The highest BCUT2D eigenvalue weighted by Crippen LogP contribution is 2.20. The SMILES string of the molecule is Cc1c(N)cccc1S(=O)(=O)NC(C)CCS(C)=O. The van der Waals surface area contributed by atoms with Crippen molar-refractivity contribution in [2.45, 2.75) is 31.2 Å². The van der Waals surface area contributed by atoms with E-state index in [1.165, 1.54) is 6.07 Å². The van der Waals surface area contributed by atoms with Gasteiger partial charge < -0.3 is 5.73 Å². The fourth-order valence-electron chi connectivity index (χ4n) is 1.65. The van der Waals surface area contributed by atoms with Crippen LogP contribution in [0, 0.1) is 6.92 Å². The van der Waals surface area contributed by atoms with Crippen molar-refractivity contribution < 1.29 is 12.6 Å². The summed E-state index contributed by atoms with van der Waals surface area (Å²) >= 11 is 0. The number of anilines is 1. The molecule has 0 spiro atoms. The Morgan fingerprint density at radius 1 is 1.42 bits per heavy atom. The molecule has 0 saturated heterocycles. The average Bonchev–Trinajstić information content (AvgIpc) is 2.29. The Morgan fingerprint density at radius 3 is 2.63 bits per heavy atom. The predicted molar refractivity (Wildman–Crippen MR) is 78.9 cm³/mol. The van der Waals surface area contributed by atoms with Crippen molar-refractivity contribution in [3.05, 3.63) is 23.8 Å². The summed E-state index contributed by atoms with van der Waals surface area (Å²) in [4.78, 5) is 0.192. The number of rotatable bonds is 6. The smallest absolute Gasteiger partial charge is 0.241 e. The Hall–Kier alpha value is -0.920. The van der Waals surface area contributed by atoms with E-state index in [1.54, 1.807) is 32.2 Å². The molecule has 0 amide bonds. The Kier molecular flexibility index (Phi) is 5.51. The molecular formula is C12H20N2O3S2. The van der Waals surface area contributed by atoms with E-state index in [0.717, 1.165) is 0 Å². The van der Waals surface area contributed by atoms with E-state index >= 15 is 0 Å². The number of nitrogens with two attached hydrogens (primary N) is 1. The highest BCUT2D eigenvalue weighted by atomic mass is 32.2. The zero-order valence-corrected chi connectivity index (χ0v) is 13.0. The molecule has 0 fully saturated rings. The molecule has 0 aliphatic rings. The number of nitrogens with one attached hydrogen (secondary N) is 1. The van der Waals surface area contributed by atoms with Crippen molar-refractivity contribution >= 4 is 26.5 Å². The summed E-state index contributed by atoms with van der Waals surface area (Å²) < 4.78 is 38.0. The Bertz CT molecular complexity index is 570. The van der Waals surface area contributed by atoms with Crippen LogP contribution in [0.3, 0.4) is 0 Å². The van der Waals surface area contributed by atoms with Crippen molar-refractivity contribution in [2.75, 3.05) is 17.7 Å². The maximum absolute atomic E-state index is 12.2. The third kappa shape index (κ3) is 4.59. The van der Waals surface area contributed by atoms with Crippen molar-refractivity contribution in [3.63, 3.8) is 0 Å². The third-order valence-corrected chi connectivity index (χ3v) is 5.35. The molecule has 0 heterocycles. The van der Waals surface area contributed by atoms with Crippen molar-refractivity contribution in [1.29, 1.82) is 0 Å². The molecule has 0 bridgehead atoms.